The summed E-state index contributed by atoms with van der Waals surface area (Å²) in [5.74, 6) is -0.0923. The van der Waals surface area contributed by atoms with Crippen molar-refractivity contribution in [3.63, 3.8) is 0 Å². The quantitative estimate of drug-likeness (QED) is 0.676. The maximum atomic E-state index is 14.6. The van der Waals surface area contributed by atoms with Gasteiger partial charge in [0.25, 0.3) is 0 Å². The predicted molar refractivity (Wildman–Crippen MR) is 123 cm³/mol. The third kappa shape index (κ3) is 4.68. The van der Waals surface area contributed by atoms with E-state index in [1.807, 2.05) is 20.8 Å². The van der Waals surface area contributed by atoms with Crippen LogP contribution in [-0.4, -0.2) is 66.0 Å². The first-order valence-corrected chi connectivity index (χ1v) is 11.2. The molecule has 33 heavy (non-hydrogen) atoms. The molecule has 2 aliphatic rings. The number of amides is 1. The lowest BCUT2D eigenvalue weighted by atomic mass is 9.99. The molecule has 1 saturated heterocycles. The Morgan fingerprint density at radius 2 is 2.03 bits per heavy atom. The van der Waals surface area contributed by atoms with Gasteiger partial charge >= 0.3 is 6.09 Å². The lowest BCUT2D eigenvalue weighted by molar-refractivity contribution is -0.00154. The van der Waals surface area contributed by atoms with E-state index < -0.39 is 11.4 Å². The van der Waals surface area contributed by atoms with Crippen molar-refractivity contribution < 1.29 is 28.5 Å². The van der Waals surface area contributed by atoms with Crippen molar-refractivity contribution in [1.29, 1.82) is 0 Å². The fraction of sp³-hybridized carbons (Fsp3) is 0.458. The number of aromatic hydroxyl groups is 1. The van der Waals surface area contributed by atoms with Crippen LogP contribution in [0, 0.1) is 5.82 Å². The van der Waals surface area contributed by atoms with Gasteiger partial charge in [0.1, 0.15) is 35.3 Å². The van der Waals surface area contributed by atoms with Gasteiger partial charge in [0.2, 0.25) is 0 Å². The monoisotopic (exact) mass is 478 g/mol. The van der Waals surface area contributed by atoms with Crippen LogP contribution in [0.1, 0.15) is 26.3 Å². The molecule has 2 aromatic rings. The van der Waals surface area contributed by atoms with E-state index in [0.717, 1.165) is 5.56 Å². The number of fused-ring (bicyclic) bond motifs is 2. The van der Waals surface area contributed by atoms with Gasteiger partial charge < -0.3 is 24.2 Å². The van der Waals surface area contributed by atoms with Gasteiger partial charge in [0.15, 0.2) is 0 Å². The SMILES string of the molecule is COc1cc2c(c(Cl)c1-c1c(O)cccc1F)OCC1CN(C(=O)OC(C)(C)C)CCN1C2. The Labute approximate surface area is 197 Å². The van der Waals surface area contributed by atoms with E-state index in [4.69, 9.17) is 25.8 Å². The molecule has 1 N–H and O–H groups in total. The van der Waals surface area contributed by atoms with E-state index in [0.29, 0.717) is 44.3 Å². The Morgan fingerprint density at radius 1 is 1.27 bits per heavy atom. The van der Waals surface area contributed by atoms with Crippen LogP contribution in [0.15, 0.2) is 24.3 Å². The first-order valence-electron chi connectivity index (χ1n) is 10.8. The number of hydrogen-bond acceptors (Lipinski definition) is 6. The standard InChI is InChI=1S/C24H28ClFN2O5/c1-24(2,3)33-23(30)28-9-8-27-11-14-10-18(31-4)20(19-16(26)6-5-7-17(19)29)21(25)22(14)32-13-15(27)12-28/h5-7,10,15,29H,8-9,11-13H2,1-4H3. The summed E-state index contributed by atoms with van der Waals surface area (Å²) in [6, 6.07) is 5.77. The molecule has 0 aromatic heterocycles. The lowest BCUT2D eigenvalue weighted by Gasteiger charge is -2.40. The number of halogens is 2. The summed E-state index contributed by atoms with van der Waals surface area (Å²) in [6.45, 7) is 7.98. The van der Waals surface area contributed by atoms with Gasteiger partial charge in [-0.2, -0.15) is 0 Å². The molecule has 0 radical (unpaired) electrons. The molecule has 0 bridgehead atoms. The number of piperazine rings is 1. The molecule has 0 spiro atoms. The first-order chi connectivity index (χ1) is 15.6. The summed E-state index contributed by atoms with van der Waals surface area (Å²) in [5, 5.41) is 10.5. The topological polar surface area (TPSA) is 71.5 Å². The van der Waals surface area contributed by atoms with Crippen LogP contribution in [0.4, 0.5) is 9.18 Å². The zero-order valence-electron chi connectivity index (χ0n) is 19.2. The summed E-state index contributed by atoms with van der Waals surface area (Å²) in [6.07, 6.45) is -0.346. The van der Waals surface area contributed by atoms with Gasteiger partial charge in [0, 0.05) is 31.7 Å². The highest BCUT2D eigenvalue weighted by atomic mass is 35.5. The average Bonchev–Trinajstić information content (AvgIpc) is 2.92. The zero-order valence-corrected chi connectivity index (χ0v) is 19.9. The van der Waals surface area contributed by atoms with E-state index in [1.54, 1.807) is 11.0 Å². The predicted octanol–water partition coefficient (Wildman–Crippen LogP) is 4.67. The van der Waals surface area contributed by atoms with Crippen molar-refractivity contribution in [2.75, 3.05) is 33.4 Å². The highest BCUT2D eigenvalue weighted by Crippen LogP contribution is 2.49. The number of benzene rings is 2. The first kappa shape index (κ1) is 23.4. The average molecular weight is 479 g/mol. The third-order valence-electron chi connectivity index (χ3n) is 5.77. The van der Waals surface area contributed by atoms with Gasteiger partial charge in [-0.25, -0.2) is 9.18 Å². The number of nitrogens with zero attached hydrogens (tertiary/aromatic N) is 2. The molecule has 1 atom stereocenters. The summed E-state index contributed by atoms with van der Waals surface area (Å²) in [5.41, 5.74) is 0.431. The molecule has 1 unspecified atom stereocenters. The van der Waals surface area contributed by atoms with Crippen molar-refractivity contribution in [1.82, 2.24) is 9.80 Å². The maximum absolute atomic E-state index is 14.6. The molecule has 178 valence electrons. The van der Waals surface area contributed by atoms with E-state index in [9.17, 15) is 14.3 Å². The highest BCUT2D eigenvalue weighted by Gasteiger charge is 2.36. The maximum Gasteiger partial charge on any atom is 0.410 e. The Bertz CT molecular complexity index is 1050. The Hall–Kier alpha value is -2.71. The van der Waals surface area contributed by atoms with Crippen LogP contribution in [0.25, 0.3) is 11.1 Å². The van der Waals surface area contributed by atoms with Gasteiger partial charge in [-0.05, 0) is 39.0 Å². The molecular formula is C24H28ClFN2O5. The zero-order chi connectivity index (χ0) is 23.9. The molecule has 7 nitrogen and oxygen atoms in total. The second kappa shape index (κ2) is 8.91. The van der Waals surface area contributed by atoms with Crippen LogP contribution in [0.2, 0.25) is 5.02 Å². The van der Waals surface area contributed by atoms with Crippen LogP contribution >= 0.6 is 11.6 Å². The minimum atomic E-state index is -0.616. The van der Waals surface area contributed by atoms with E-state index in [2.05, 4.69) is 4.90 Å². The van der Waals surface area contributed by atoms with Crippen LogP contribution in [0.3, 0.4) is 0 Å². The number of methoxy groups -OCH3 is 1. The van der Waals surface area contributed by atoms with Gasteiger partial charge in [0.05, 0.1) is 29.3 Å². The minimum Gasteiger partial charge on any atom is -0.507 e. The second-order valence-corrected chi connectivity index (χ2v) is 9.63. The Kier molecular flexibility index (Phi) is 6.33. The summed E-state index contributed by atoms with van der Waals surface area (Å²) in [7, 11) is 1.47. The molecular weight excluding hydrogens is 451 g/mol. The van der Waals surface area contributed by atoms with Crippen molar-refractivity contribution in [2.45, 2.75) is 39.0 Å². The fourth-order valence-electron chi connectivity index (χ4n) is 4.24. The normalized spacial score (nSPS) is 18.6. The van der Waals surface area contributed by atoms with Crippen LogP contribution in [0.5, 0.6) is 17.2 Å². The number of phenols is 1. The lowest BCUT2D eigenvalue weighted by Crippen LogP contribution is -2.56. The Morgan fingerprint density at radius 3 is 2.70 bits per heavy atom. The van der Waals surface area contributed by atoms with Crippen molar-refractivity contribution in [2.24, 2.45) is 0 Å². The van der Waals surface area contributed by atoms with Gasteiger partial charge in [-0.3, -0.25) is 4.90 Å². The number of ether oxygens (including phenoxy) is 3. The molecule has 1 amide bonds. The van der Waals surface area contributed by atoms with Crippen molar-refractivity contribution >= 4 is 17.7 Å². The van der Waals surface area contributed by atoms with E-state index in [1.165, 1.54) is 25.3 Å². The number of rotatable bonds is 2. The third-order valence-corrected chi connectivity index (χ3v) is 6.13. The van der Waals surface area contributed by atoms with Gasteiger partial charge in [-0.15, -0.1) is 0 Å². The highest BCUT2D eigenvalue weighted by molar-refractivity contribution is 6.35. The van der Waals surface area contributed by atoms with E-state index in [-0.39, 0.29) is 34.0 Å². The van der Waals surface area contributed by atoms with Gasteiger partial charge in [-0.1, -0.05) is 17.7 Å². The molecule has 2 aliphatic heterocycles. The largest absolute Gasteiger partial charge is 0.507 e. The molecule has 0 aliphatic carbocycles. The minimum absolute atomic E-state index is 0.0381. The number of carbonyl (C=O) groups is 1. The summed E-state index contributed by atoms with van der Waals surface area (Å²) < 4.78 is 31.8. The van der Waals surface area contributed by atoms with E-state index >= 15 is 0 Å². The van der Waals surface area contributed by atoms with Crippen LogP contribution in [-0.2, 0) is 11.3 Å². The van der Waals surface area contributed by atoms with Crippen LogP contribution < -0.4 is 9.47 Å². The van der Waals surface area contributed by atoms with Crippen molar-refractivity contribution in [3.05, 3.63) is 40.7 Å². The number of hydrogen-bond donors (Lipinski definition) is 1. The molecule has 1 fully saturated rings. The fourth-order valence-corrected chi connectivity index (χ4v) is 4.60. The summed E-state index contributed by atoms with van der Waals surface area (Å²) in [4.78, 5) is 16.5. The van der Waals surface area contributed by atoms with Crippen molar-refractivity contribution in [3.8, 4) is 28.4 Å². The molecule has 0 saturated carbocycles. The second-order valence-electron chi connectivity index (χ2n) is 9.25. The number of carbonyl (C=O) groups excluding carboxylic acids is 1. The summed E-state index contributed by atoms with van der Waals surface area (Å²) >= 11 is 6.72. The smallest absolute Gasteiger partial charge is 0.410 e. The number of phenolic OH excluding ortho intramolecular Hbond substituents is 1. The Balaban J connectivity index is 1.65. The molecule has 9 heteroatoms. The molecule has 4 rings (SSSR count). The molecule has 2 heterocycles. The molecule has 2 aromatic carbocycles.